The zero-order valence-electron chi connectivity index (χ0n) is 17.4. The van der Waals surface area contributed by atoms with E-state index in [4.69, 9.17) is 16.3 Å². The lowest BCUT2D eigenvalue weighted by Gasteiger charge is -2.27. The van der Waals surface area contributed by atoms with Crippen molar-refractivity contribution in [1.82, 2.24) is 10.6 Å². The standard InChI is InChI=1S/C20H19ClF4N4O4S/c21-16-4-3-15(34-16)19(32)26-8-13(27-10-20(23,24)25)18(31)28-11-1-2-14(12(22)7-11)29-5-6-33-9-17(29)30/h1-4,7,13,27H,5-6,8-10H2,(H,26,32)(H,28,31)/t13-/m0/s1. The van der Waals surface area contributed by atoms with Crippen LogP contribution in [-0.4, -0.2) is 62.8 Å². The van der Waals surface area contributed by atoms with Crippen LogP contribution in [0.2, 0.25) is 4.34 Å². The Hall–Kier alpha value is -2.74. The van der Waals surface area contributed by atoms with E-state index in [0.717, 1.165) is 17.4 Å². The minimum absolute atomic E-state index is 0.0140. The van der Waals surface area contributed by atoms with Crippen molar-refractivity contribution in [3.63, 3.8) is 0 Å². The molecule has 0 unspecified atom stereocenters. The first-order valence-electron chi connectivity index (χ1n) is 9.85. The Kier molecular flexibility index (Phi) is 8.47. The fraction of sp³-hybridized carbons (Fsp3) is 0.350. The molecule has 8 nitrogen and oxygen atoms in total. The first-order chi connectivity index (χ1) is 16.0. The maximum atomic E-state index is 14.6. The zero-order chi connectivity index (χ0) is 24.9. The van der Waals surface area contributed by atoms with E-state index < -0.39 is 48.8 Å². The van der Waals surface area contributed by atoms with E-state index in [0.29, 0.717) is 4.34 Å². The Balaban J connectivity index is 1.68. The SMILES string of the molecule is O=C(NC[C@H](NCC(F)(F)F)C(=O)Nc1ccc(N2CCOCC2=O)c(F)c1)c1ccc(Cl)s1. The molecule has 2 aromatic rings. The molecule has 14 heteroatoms. The summed E-state index contributed by atoms with van der Waals surface area (Å²) in [5, 5.41) is 6.74. The summed E-state index contributed by atoms with van der Waals surface area (Å²) in [4.78, 5) is 38.1. The summed E-state index contributed by atoms with van der Waals surface area (Å²) in [6.07, 6.45) is -4.61. The van der Waals surface area contributed by atoms with Crippen LogP contribution in [0.25, 0.3) is 0 Å². The van der Waals surface area contributed by atoms with Gasteiger partial charge in [-0.05, 0) is 30.3 Å². The number of nitrogens with zero attached hydrogens (tertiary/aromatic N) is 1. The molecule has 0 saturated carbocycles. The van der Waals surface area contributed by atoms with E-state index >= 15 is 0 Å². The lowest BCUT2D eigenvalue weighted by atomic mass is 10.2. The van der Waals surface area contributed by atoms with Crippen molar-refractivity contribution in [2.75, 3.05) is 43.1 Å². The van der Waals surface area contributed by atoms with Crippen LogP contribution in [0, 0.1) is 5.82 Å². The molecule has 2 heterocycles. The second-order valence-electron chi connectivity index (χ2n) is 7.12. The third kappa shape index (κ3) is 7.13. The van der Waals surface area contributed by atoms with Crippen molar-refractivity contribution in [3.05, 3.63) is 45.4 Å². The number of halogens is 5. The lowest BCUT2D eigenvalue weighted by Crippen LogP contribution is -2.50. The van der Waals surface area contributed by atoms with Gasteiger partial charge in [0.25, 0.3) is 11.8 Å². The minimum atomic E-state index is -4.61. The molecule has 1 aliphatic heterocycles. The first kappa shape index (κ1) is 25.9. The van der Waals surface area contributed by atoms with Crippen LogP contribution in [-0.2, 0) is 14.3 Å². The molecular weight excluding hydrogens is 504 g/mol. The second-order valence-corrected chi connectivity index (χ2v) is 8.83. The molecule has 3 amide bonds. The summed E-state index contributed by atoms with van der Waals surface area (Å²) in [7, 11) is 0. The number of amides is 3. The molecular formula is C20H19ClF4N4O4S. The maximum Gasteiger partial charge on any atom is 0.401 e. The summed E-state index contributed by atoms with van der Waals surface area (Å²) in [5.74, 6) is -2.78. The maximum absolute atomic E-state index is 14.6. The van der Waals surface area contributed by atoms with Crippen LogP contribution in [0.4, 0.5) is 28.9 Å². The molecule has 1 aliphatic rings. The number of ether oxygens (including phenoxy) is 1. The van der Waals surface area contributed by atoms with Crippen LogP contribution in [0.3, 0.4) is 0 Å². The van der Waals surface area contributed by atoms with Gasteiger partial charge in [-0.1, -0.05) is 11.6 Å². The molecule has 3 N–H and O–H groups in total. The quantitative estimate of drug-likeness (QED) is 0.463. The van der Waals surface area contributed by atoms with Crippen molar-refractivity contribution in [3.8, 4) is 0 Å². The summed E-state index contributed by atoms with van der Waals surface area (Å²) in [6.45, 7) is -1.76. The predicted molar refractivity (Wildman–Crippen MR) is 118 cm³/mol. The monoisotopic (exact) mass is 522 g/mol. The number of rotatable bonds is 8. The highest BCUT2D eigenvalue weighted by molar-refractivity contribution is 7.18. The largest absolute Gasteiger partial charge is 0.401 e. The van der Waals surface area contributed by atoms with E-state index in [1.165, 1.54) is 29.2 Å². The number of anilines is 2. The van der Waals surface area contributed by atoms with E-state index in [9.17, 15) is 31.9 Å². The number of carbonyl (C=O) groups is 3. The second kappa shape index (κ2) is 11.1. The van der Waals surface area contributed by atoms with Crippen LogP contribution in [0.5, 0.6) is 0 Å². The number of hydrogen-bond donors (Lipinski definition) is 3. The molecule has 1 saturated heterocycles. The average molecular weight is 523 g/mol. The van der Waals surface area contributed by atoms with Crippen molar-refractivity contribution >= 4 is 52.0 Å². The molecule has 184 valence electrons. The number of carbonyl (C=O) groups excluding carboxylic acids is 3. The number of thiophene rings is 1. The number of hydrogen-bond acceptors (Lipinski definition) is 6. The molecule has 1 aromatic carbocycles. The third-order valence-corrected chi connectivity index (χ3v) is 5.85. The third-order valence-electron chi connectivity index (χ3n) is 4.62. The van der Waals surface area contributed by atoms with E-state index in [1.54, 1.807) is 0 Å². The van der Waals surface area contributed by atoms with Gasteiger partial charge in [-0.2, -0.15) is 13.2 Å². The van der Waals surface area contributed by atoms with Gasteiger partial charge < -0.3 is 20.3 Å². The smallest absolute Gasteiger partial charge is 0.370 e. The molecule has 0 bridgehead atoms. The van der Waals surface area contributed by atoms with Gasteiger partial charge in [0, 0.05) is 18.8 Å². The highest BCUT2D eigenvalue weighted by Gasteiger charge is 2.31. The van der Waals surface area contributed by atoms with Crippen molar-refractivity contribution in [1.29, 1.82) is 0 Å². The van der Waals surface area contributed by atoms with Crippen molar-refractivity contribution < 1.29 is 36.7 Å². The average Bonchev–Trinajstić information content (AvgIpc) is 3.20. The number of benzene rings is 1. The minimum Gasteiger partial charge on any atom is -0.370 e. The van der Waals surface area contributed by atoms with Crippen molar-refractivity contribution in [2.24, 2.45) is 0 Å². The summed E-state index contributed by atoms with van der Waals surface area (Å²) >= 11 is 6.73. The Labute approximate surface area is 200 Å². The summed E-state index contributed by atoms with van der Waals surface area (Å²) in [6, 6.07) is 4.97. The van der Waals surface area contributed by atoms with Crippen LogP contribution in [0.15, 0.2) is 30.3 Å². The molecule has 34 heavy (non-hydrogen) atoms. The predicted octanol–water partition coefficient (Wildman–Crippen LogP) is 2.79. The van der Waals surface area contributed by atoms with E-state index in [1.807, 2.05) is 5.32 Å². The molecule has 0 aliphatic carbocycles. The highest BCUT2D eigenvalue weighted by Crippen LogP contribution is 2.25. The van der Waals surface area contributed by atoms with Gasteiger partial charge >= 0.3 is 6.18 Å². The van der Waals surface area contributed by atoms with Gasteiger partial charge in [0.1, 0.15) is 18.5 Å². The normalized spacial score (nSPS) is 15.2. The zero-order valence-corrected chi connectivity index (χ0v) is 19.0. The summed E-state index contributed by atoms with van der Waals surface area (Å²) < 4.78 is 58.0. The fourth-order valence-corrected chi connectivity index (χ4v) is 3.98. The van der Waals surface area contributed by atoms with Crippen LogP contribution >= 0.6 is 22.9 Å². The van der Waals surface area contributed by atoms with Crippen LogP contribution < -0.4 is 20.9 Å². The van der Waals surface area contributed by atoms with Gasteiger partial charge in [0.05, 0.1) is 28.1 Å². The molecule has 1 atom stereocenters. The van der Waals surface area contributed by atoms with Gasteiger partial charge in [-0.3, -0.25) is 19.7 Å². The lowest BCUT2D eigenvalue weighted by molar-refractivity contribution is -0.130. The van der Waals surface area contributed by atoms with Gasteiger partial charge in [0.2, 0.25) is 5.91 Å². The Morgan fingerprint density at radius 1 is 1.24 bits per heavy atom. The van der Waals surface area contributed by atoms with Crippen molar-refractivity contribution in [2.45, 2.75) is 12.2 Å². The van der Waals surface area contributed by atoms with Gasteiger partial charge in [-0.15, -0.1) is 11.3 Å². The van der Waals surface area contributed by atoms with E-state index in [2.05, 4.69) is 10.6 Å². The first-order valence-corrected chi connectivity index (χ1v) is 11.0. The van der Waals surface area contributed by atoms with Crippen LogP contribution in [0.1, 0.15) is 9.67 Å². The Bertz CT molecular complexity index is 1070. The molecule has 0 radical (unpaired) electrons. The molecule has 1 fully saturated rings. The number of alkyl halides is 3. The number of morpholine rings is 1. The molecule has 0 spiro atoms. The highest BCUT2D eigenvalue weighted by atomic mass is 35.5. The van der Waals surface area contributed by atoms with Gasteiger partial charge in [0.15, 0.2) is 0 Å². The number of nitrogens with one attached hydrogen (secondary N) is 3. The fourth-order valence-electron chi connectivity index (χ4n) is 3.02. The van der Waals surface area contributed by atoms with Gasteiger partial charge in [-0.25, -0.2) is 4.39 Å². The molecule has 3 rings (SSSR count). The topological polar surface area (TPSA) is 99.8 Å². The Morgan fingerprint density at radius 3 is 2.62 bits per heavy atom. The molecule has 1 aromatic heterocycles. The van der Waals surface area contributed by atoms with E-state index in [-0.39, 0.29) is 36.0 Å². The Morgan fingerprint density at radius 2 is 2.00 bits per heavy atom. The summed E-state index contributed by atoms with van der Waals surface area (Å²) in [5.41, 5.74) is -0.0537.